The first-order valence-electron chi connectivity index (χ1n) is 12.0. The molecule has 0 radical (unpaired) electrons. The molecule has 220 valence electrons. The zero-order valence-corrected chi connectivity index (χ0v) is 25.5. The molecule has 0 aliphatic rings. The van der Waals surface area contributed by atoms with Crippen LogP contribution in [-0.4, -0.2) is 80.1 Å². The van der Waals surface area contributed by atoms with E-state index in [2.05, 4.69) is 5.32 Å². The van der Waals surface area contributed by atoms with Crippen LogP contribution >= 0.6 is 22.7 Å². The second kappa shape index (κ2) is 14.5. The van der Waals surface area contributed by atoms with Crippen LogP contribution < -0.4 is 16.2 Å². The zero-order chi connectivity index (χ0) is 28.7. The number of amides is 2. The second-order valence-corrected chi connectivity index (χ2v) is 12.0. The summed E-state index contributed by atoms with van der Waals surface area (Å²) in [5.74, 6) is -0.358. The van der Waals surface area contributed by atoms with Gasteiger partial charge in [-0.15, -0.1) is 22.7 Å². The molecule has 0 bridgehead atoms. The van der Waals surface area contributed by atoms with Gasteiger partial charge in [0.1, 0.15) is 11.0 Å². The van der Waals surface area contributed by atoms with Crippen LogP contribution in [-0.2, 0) is 26.3 Å². The van der Waals surface area contributed by atoms with Crippen molar-refractivity contribution in [1.82, 2.24) is 26.3 Å². The number of carbonyl (C=O) groups is 2. The lowest BCUT2D eigenvalue weighted by Gasteiger charge is -2.36. The fourth-order valence-corrected chi connectivity index (χ4v) is 6.40. The number of carbonyl (C=O) groups excluding carboxylic acids is 2. The van der Waals surface area contributed by atoms with Crippen molar-refractivity contribution in [3.63, 3.8) is 0 Å². The minimum atomic E-state index is -4.40. The maximum Gasteiger partial charge on any atom is 0.409 e. The van der Waals surface area contributed by atoms with E-state index in [0.29, 0.717) is 18.5 Å². The Kier molecular flexibility index (Phi) is 12.0. The molecule has 15 heteroatoms. The molecule has 3 rings (SSSR count). The van der Waals surface area contributed by atoms with E-state index in [1.807, 2.05) is 53.5 Å². The van der Waals surface area contributed by atoms with Gasteiger partial charge in [-0.25, -0.2) is 9.78 Å². The molecule has 0 saturated heterocycles. The Morgan fingerprint density at radius 2 is 1.80 bits per heavy atom. The number of aromatic nitrogens is 1. The van der Waals surface area contributed by atoms with Crippen molar-refractivity contribution in [2.75, 3.05) is 33.0 Å². The summed E-state index contributed by atoms with van der Waals surface area (Å²) < 4.78 is 38.2. The summed E-state index contributed by atoms with van der Waals surface area (Å²) in [4.78, 5) is 35.3. The first-order valence-corrected chi connectivity index (χ1v) is 15.2. The van der Waals surface area contributed by atoms with Gasteiger partial charge >= 0.3 is 16.4 Å². The van der Waals surface area contributed by atoms with Gasteiger partial charge in [-0.3, -0.25) is 19.0 Å². The standard InChI is InChI=1S/C25H33N5O6S3.H3N/c1-6-20(29(2)3)22(30(4)25(32)36-5)23(31)26-18(19-15-38-24(27-19)21-8-7-13-37-21)14-16-9-11-17(12-10-16)28-39(33,34)35;/h7-13,15,18,20,22,28H,6,14H2,1-5H3,(H,26,31)(H,33,34,35);1H3/t18-,20?,22?;/m0./s1. The Morgan fingerprint density at radius 3 is 2.33 bits per heavy atom. The second-order valence-electron chi connectivity index (χ2n) is 9.06. The molecule has 2 unspecified atom stereocenters. The Balaban J connectivity index is 0.00000560. The van der Waals surface area contributed by atoms with Crippen LogP contribution in [0.1, 0.15) is 30.6 Å². The van der Waals surface area contributed by atoms with E-state index in [1.165, 1.54) is 42.5 Å². The topological polar surface area (TPSA) is 176 Å². The van der Waals surface area contributed by atoms with E-state index >= 15 is 0 Å². The largest absolute Gasteiger partial charge is 0.453 e. The SMILES string of the molecule is CCC(C(C(=O)N[C@@H](Cc1ccc(NS(=O)(=O)O)cc1)c1csc(-c2cccs2)n1)N(C)C(=O)OC)N(C)C.N. The Morgan fingerprint density at radius 1 is 1.12 bits per heavy atom. The molecule has 40 heavy (non-hydrogen) atoms. The smallest absolute Gasteiger partial charge is 0.409 e. The summed E-state index contributed by atoms with van der Waals surface area (Å²) in [6, 6.07) is 8.71. The van der Waals surface area contributed by atoms with Crippen LogP contribution in [0.5, 0.6) is 0 Å². The van der Waals surface area contributed by atoms with E-state index in [1.54, 1.807) is 23.5 Å². The number of thiophene rings is 1. The maximum atomic E-state index is 13.8. The van der Waals surface area contributed by atoms with Crippen molar-refractivity contribution in [2.24, 2.45) is 0 Å². The molecule has 6 N–H and O–H groups in total. The number of likely N-dealkylation sites (N-methyl/N-ethyl adjacent to an activating group) is 2. The lowest BCUT2D eigenvalue weighted by Crippen LogP contribution is -2.58. The third kappa shape index (κ3) is 8.71. The molecule has 0 aliphatic heterocycles. The number of nitrogens with zero attached hydrogens (tertiary/aromatic N) is 3. The minimum Gasteiger partial charge on any atom is -0.453 e. The number of thiazole rings is 1. The summed E-state index contributed by atoms with van der Waals surface area (Å²) in [6.45, 7) is 1.95. The lowest BCUT2D eigenvalue weighted by atomic mass is 9.99. The number of ether oxygens (including phenoxy) is 1. The molecule has 3 aromatic rings. The number of rotatable bonds is 12. The highest BCUT2D eigenvalue weighted by molar-refractivity contribution is 7.87. The highest BCUT2D eigenvalue weighted by Gasteiger charge is 2.36. The third-order valence-electron chi connectivity index (χ3n) is 6.16. The highest BCUT2D eigenvalue weighted by atomic mass is 32.2. The highest BCUT2D eigenvalue weighted by Crippen LogP contribution is 2.31. The summed E-state index contributed by atoms with van der Waals surface area (Å²) in [5, 5.41) is 7.80. The summed E-state index contributed by atoms with van der Waals surface area (Å²) in [5.41, 5.74) is 1.66. The fraction of sp³-hybridized carbons (Fsp3) is 0.400. The van der Waals surface area contributed by atoms with Gasteiger partial charge in [-0.2, -0.15) is 8.42 Å². The Hall–Kier alpha value is -3.08. The molecule has 1 aromatic carbocycles. The van der Waals surface area contributed by atoms with Gasteiger partial charge in [0.05, 0.1) is 29.4 Å². The van der Waals surface area contributed by atoms with Crippen LogP contribution in [0.2, 0.25) is 0 Å². The van der Waals surface area contributed by atoms with Gasteiger partial charge < -0.3 is 21.1 Å². The van der Waals surface area contributed by atoms with Gasteiger partial charge in [0.25, 0.3) is 0 Å². The Labute approximate surface area is 242 Å². The normalized spacial score (nSPS) is 13.6. The van der Waals surface area contributed by atoms with E-state index in [0.717, 1.165) is 15.4 Å². The molecule has 0 aliphatic carbocycles. The molecule has 2 aromatic heterocycles. The van der Waals surface area contributed by atoms with Crippen LogP contribution in [0.25, 0.3) is 9.88 Å². The van der Waals surface area contributed by atoms with Crippen molar-refractivity contribution in [2.45, 2.75) is 37.9 Å². The van der Waals surface area contributed by atoms with E-state index < -0.39 is 28.5 Å². The van der Waals surface area contributed by atoms with Crippen LogP contribution in [0.15, 0.2) is 47.2 Å². The first kappa shape index (κ1) is 33.1. The zero-order valence-electron chi connectivity index (χ0n) is 23.0. The van der Waals surface area contributed by atoms with Gasteiger partial charge in [0.15, 0.2) is 0 Å². The predicted molar refractivity (Wildman–Crippen MR) is 158 cm³/mol. The van der Waals surface area contributed by atoms with E-state index in [-0.39, 0.29) is 23.8 Å². The van der Waals surface area contributed by atoms with E-state index in [9.17, 15) is 18.0 Å². The number of methoxy groups -OCH3 is 1. The van der Waals surface area contributed by atoms with Crippen molar-refractivity contribution in [3.8, 4) is 9.88 Å². The molecule has 0 saturated carbocycles. The molecular formula is C25H36N6O6S3. The molecule has 0 spiro atoms. The van der Waals surface area contributed by atoms with Crippen molar-refractivity contribution < 1.29 is 27.3 Å². The van der Waals surface area contributed by atoms with Crippen LogP contribution in [0.4, 0.5) is 10.5 Å². The number of hydrogen-bond acceptors (Lipinski definition) is 10. The van der Waals surface area contributed by atoms with Gasteiger partial charge in [-0.05, 0) is 56.1 Å². The van der Waals surface area contributed by atoms with Crippen LogP contribution in [0.3, 0.4) is 0 Å². The van der Waals surface area contributed by atoms with Gasteiger partial charge in [-0.1, -0.05) is 25.1 Å². The number of anilines is 1. The fourth-order valence-electron chi connectivity index (χ4n) is 4.28. The minimum absolute atomic E-state index is 0. The van der Waals surface area contributed by atoms with Gasteiger partial charge in [0, 0.05) is 18.5 Å². The molecule has 2 amide bonds. The van der Waals surface area contributed by atoms with Gasteiger partial charge in [0.2, 0.25) is 5.91 Å². The lowest BCUT2D eigenvalue weighted by molar-refractivity contribution is -0.128. The number of benzene rings is 1. The molecular weight excluding hydrogens is 577 g/mol. The summed E-state index contributed by atoms with van der Waals surface area (Å²) in [6.07, 6.45) is 0.333. The maximum absolute atomic E-state index is 13.8. The van der Waals surface area contributed by atoms with Crippen molar-refractivity contribution in [1.29, 1.82) is 0 Å². The average Bonchev–Trinajstić information content (AvgIpc) is 3.58. The molecule has 0 fully saturated rings. The Bertz CT molecular complexity index is 1350. The predicted octanol–water partition coefficient (Wildman–Crippen LogP) is 4.06. The monoisotopic (exact) mass is 612 g/mol. The van der Waals surface area contributed by atoms with Crippen molar-refractivity contribution in [3.05, 3.63) is 58.4 Å². The third-order valence-corrected chi connectivity index (χ3v) is 8.56. The van der Waals surface area contributed by atoms with Crippen molar-refractivity contribution >= 4 is 50.7 Å². The number of nitrogens with one attached hydrogen (secondary N) is 2. The average molecular weight is 613 g/mol. The first-order chi connectivity index (χ1) is 18.4. The molecule has 2 heterocycles. The van der Waals surface area contributed by atoms with Crippen LogP contribution in [0, 0.1) is 0 Å². The molecule has 12 nitrogen and oxygen atoms in total. The quantitative estimate of drug-likeness (QED) is 0.220. The summed E-state index contributed by atoms with van der Waals surface area (Å²) >= 11 is 3.04. The summed E-state index contributed by atoms with van der Waals surface area (Å²) in [7, 11) is 2.12. The number of hydrogen-bond donors (Lipinski definition) is 4. The van der Waals surface area contributed by atoms with E-state index in [4.69, 9.17) is 14.3 Å². The molecule has 3 atom stereocenters.